The van der Waals surface area contributed by atoms with Crippen LogP contribution in [0.3, 0.4) is 0 Å². The highest BCUT2D eigenvalue weighted by Gasteiger charge is 2.16. The van der Waals surface area contributed by atoms with E-state index in [1.165, 1.54) is 0 Å². The Kier molecular flexibility index (Phi) is 3.53. The van der Waals surface area contributed by atoms with E-state index in [0.29, 0.717) is 17.7 Å². The number of hydrogen-bond donors (Lipinski definition) is 3. The monoisotopic (exact) mass is 248 g/mol. The minimum absolute atomic E-state index is 0.297. The number of aryl methyl sites for hydroxylation is 1. The molecule has 3 N–H and O–H groups in total. The first-order valence-electron chi connectivity index (χ1n) is 5.78. The first-order chi connectivity index (χ1) is 8.65. The van der Waals surface area contributed by atoms with Crippen LogP contribution in [0.4, 0.5) is 0 Å². The number of aliphatic hydroxyl groups is 1. The normalized spacial score (nSPS) is 12.4. The Morgan fingerprint density at radius 3 is 2.50 bits per heavy atom. The summed E-state index contributed by atoms with van der Waals surface area (Å²) >= 11 is 0. The number of H-pyrrole nitrogens is 2. The lowest BCUT2D eigenvalue weighted by Crippen LogP contribution is -2.05. The second kappa shape index (κ2) is 5.10. The smallest absolute Gasteiger partial charge is 0.323 e. The zero-order valence-electron chi connectivity index (χ0n) is 10.4. The molecule has 0 bridgehead atoms. The molecule has 1 heterocycles. The molecule has 5 nitrogen and oxygen atoms in total. The number of methoxy groups -OCH3 is 1. The molecule has 0 amide bonds. The Hall–Kier alpha value is -2.01. The molecule has 1 atom stereocenters. The van der Waals surface area contributed by atoms with Gasteiger partial charge in [0, 0.05) is 5.69 Å². The summed E-state index contributed by atoms with van der Waals surface area (Å²) in [6.07, 6.45) is -0.189. The highest BCUT2D eigenvalue weighted by molar-refractivity contribution is 5.33. The molecule has 0 aliphatic carbocycles. The molecule has 1 aromatic carbocycles. The van der Waals surface area contributed by atoms with E-state index in [1.54, 1.807) is 31.4 Å². The number of hydrogen-bond acceptors (Lipinski definition) is 3. The summed E-state index contributed by atoms with van der Waals surface area (Å²) < 4.78 is 5.06. The van der Waals surface area contributed by atoms with Crippen molar-refractivity contribution >= 4 is 0 Å². The molecule has 18 heavy (non-hydrogen) atoms. The largest absolute Gasteiger partial charge is 0.497 e. The number of aromatic amines is 2. The van der Waals surface area contributed by atoms with Crippen molar-refractivity contribution in [3.05, 3.63) is 51.7 Å². The number of benzene rings is 1. The van der Waals surface area contributed by atoms with E-state index in [9.17, 15) is 9.90 Å². The lowest BCUT2D eigenvalue weighted by Gasteiger charge is -2.11. The molecule has 0 spiro atoms. The Balaban J connectivity index is 2.34. The van der Waals surface area contributed by atoms with Gasteiger partial charge in [0.2, 0.25) is 0 Å². The van der Waals surface area contributed by atoms with E-state index in [-0.39, 0.29) is 5.69 Å². The lowest BCUT2D eigenvalue weighted by atomic mass is 10.0. The molecule has 0 aliphatic heterocycles. The molecule has 1 aromatic heterocycles. The molecule has 0 saturated heterocycles. The summed E-state index contributed by atoms with van der Waals surface area (Å²) in [5.41, 5.74) is 1.66. The zero-order valence-corrected chi connectivity index (χ0v) is 10.4. The fourth-order valence-corrected chi connectivity index (χ4v) is 1.90. The first kappa shape index (κ1) is 12.4. The van der Waals surface area contributed by atoms with E-state index in [2.05, 4.69) is 9.97 Å². The van der Waals surface area contributed by atoms with E-state index in [4.69, 9.17) is 4.74 Å². The van der Waals surface area contributed by atoms with Crippen LogP contribution >= 0.6 is 0 Å². The number of ether oxygens (including phenoxy) is 1. The highest BCUT2D eigenvalue weighted by atomic mass is 16.5. The van der Waals surface area contributed by atoms with E-state index in [1.807, 2.05) is 6.92 Å². The van der Waals surface area contributed by atoms with Crippen LogP contribution in [0.15, 0.2) is 29.1 Å². The van der Waals surface area contributed by atoms with Crippen molar-refractivity contribution in [2.75, 3.05) is 7.11 Å². The standard InChI is InChI=1S/C13H16N2O3/c1-3-10-11(15-13(17)14-10)12(16)8-4-6-9(18-2)7-5-8/h4-7,12,16H,3H2,1-2H3,(H2,14,15,17). The molecule has 2 aromatic rings. The summed E-state index contributed by atoms with van der Waals surface area (Å²) in [7, 11) is 1.59. The Labute approximate surface area is 104 Å². The Morgan fingerprint density at radius 1 is 1.28 bits per heavy atom. The third-order valence-electron chi connectivity index (χ3n) is 2.90. The van der Waals surface area contributed by atoms with Crippen molar-refractivity contribution in [2.24, 2.45) is 0 Å². The molecule has 5 heteroatoms. The molecule has 0 fully saturated rings. The van der Waals surface area contributed by atoms with Crippen LogP contribution in [0.5, 0.6) is 5.75 Å². The van der Waals surface area contributed by atoms with E-state index >= 15 is 0 Å². The SMILES string of the molecule is CCc1[nH]c(=O)[nH]c1C(O)c1ccc(OC)cc1. The van der Waals surface area contributed by atoms with Gasteiger partial charge < -0.3 is 19.8 Å². The zero-order chi connectivity index (χ0) is 13.1. The number of aromatic nitrogens is 2. The van der Waals surface area contributed by atoms with Gasteiger partial charge in [-0.25, -0.2) is 4.79 Å². The summed E-state index contributed by atoms with van der Waals surface area (Å²) in [6.45, 7) is 1.92. The van der Waals surface area contributed by atoms with Gasteiger partial charge in [0.25, 0.3) is 0 Å². The third kappa shape index (κ3) is 2.31. The maximum Gasteiger partial charge on any atom is 0.323 e. The van der Waals surface area contributed by atoms with Gasteiger partial charge in [0.05, 0.1) is 12.8 Å². The molecule has 0 saturated carbocycles. The van der Waals surface area contributed by atoms with Gasteiger partial charge in [-0.05, 0) is 24.1 Å². The van der Waals surface area contributed by atoms with Crippen LogP contribution in [0.25, 0.3) is 0 Å². The molecule has 1 unspecified atom stereocenters. The molecule has 96 valence electrons. The molecular formula is C13H16N2O3. The molecule has 0 radical (unpaired) electrons. The lowest BCUT2D eigenvalue weighted by molar-refractivity contribution is 0.214. The van der Waals surface area contributed by atoms with Gasteiger partial charge in [0.15, 0.2) is 0 Å². The summed E-state index contributed by atoms with van der Waals surface area (Å²) in [4.78, 5) is 16.6. The van der Waals surface area contributed by atoms with Gasteiger partial charge in [-0.15, -0.1) is 0 Å². The minimum Gasteiger partial charge on any atom is -0.497 e. The quantitative estimate of drug-likeness (QED) is 0.764. The van der Waals surface area contributed by atoms with Gasteiger partial charge in [-0.3, -0.25) is 0 Å². The van der Waals surface area contributed by atoms with Gasteiger partial charge >= 0.3 is 5.69 Å². The van der Waals surface area contributed by atoms with Crippen LogP contribution in [0.1, 0.15) is 30.0 Å². The number of aliphatic hydroxyl groups excluding tert-OH is 1. The molecular weight excluding hydrogens is 232 g/mol. The fourth-order valence-electron chi connectivity index (χ4n) is 1.90. The summed E-state index contributed by atoms with van der Waals surface area (Å²) in [5.74, 6) is 0.726. The van der Waals surface area contributed by atoms with Crippen molar-refractivity contribution in [3.8, 4) is 5.75 Å². The molecule has 2 rings (SSSR count). The van der Waals surface area contributed by atoms with Gasteiger partial charge in [-0.1, -0.05) is 19.1 Å². The van der Waals surface area contributed by atoms with Crippen LogP contribution in [-0.4, -0.2) is 22.2 Å². The Morgan fingerprint density at radius 2 is 1.94 bits per heavy atom. The average molecular weight is 248 g/mol. The van der Waals surface area contributed by atoms with Crippen molar-refractivity contribution in [1.82, 2.24) is 9.97 Å². The second-order valence-corrected chi connectivity index (χ2v) is 4.00. The maximum absolute atomic E-state index is 11.3. The van der Waals surface area contributed by atoms with Crippen molar-refractivity contribution in [1.29, 1.82) is 0 Å². The van der Waals surface area contributed by atoms with Crippen LogP contribution in [-0.2, 0) is 6.42 Å². The predicted octanol–water partition coefficient (Wildman–Crippen LogP) is 1.36. The number of rotatable bonds is 4. The summed E-state index contributed by atoms with van der Waals surface area (Å²) in [6, 6.07) is 7.09. The highest BCUT2D eigenvalue weighted by Crippen LogP contribution is 2.23. The van der Waals surface area contributed by atoms with Crippen molar-refractivity contribution in [2.45, 2.75) is 19.4 Å². The van der Waals surface area contributed by atoms with E-state index in [0.717, 1.165) is 11.4 Å². The average Bonchev–Trinajstić information content (AvgIpc) is 2.79. The van der Waals surface area contributed by atoms with Crippen LogP contribution in [0.2, 0.25) is 0 Å². The minimum atomic E-state index is -0.843. The summed E-state index contributed by atoms with van der Waals surface area (Å²) in [5, 5.41) is 10.2. The topological polar surface area (TPSA) is 78.1 Å². The van der Waals surface area contributed by atoms with Crippen molar-refractivity contribution < 1.29 is 9.84 Å². The van der Waals surface area contributed by atoms with Crippen molar-refractivity contribution in [3.63, 3.8) is 0 Å². The van der Waals surface area contributed by atoms with Crippen LogP contribution < -0.4 is 10.4 Å². The van der Waals surface area contributed by atoms with Gasteiger partial charge in [0.1, 0.15) is 11.9 Å². The third-order valence-corrected chi connectivity index (χ3v) is 2.90. The second-order valence-electron chi connectivity index (χ2n) is 4.00. The Bertz CT molecular complexity index is 569. The van der Waals surface area contributed by atoms with Crippen LogP contribution in [0, 0.1) is 0 Å². The fraction of sp³-hybridized carbons (Fsp3) is 0.308. The van der Waals surface area contributed by atoms with Gasteiger partial charge in [-0.2, -0.15) is 0 Å². The first-order valence-corrected chi connectivity index (χ1v) is 5.78. The maximum atomic E-state index is 11.3. The number of imidazole rings is 1. The molecule has 0 aliphatic rings. The predicted molar refractivity (Wildman–Crippen MR) is 67.8 cm³/mol. The number of nitrogens with one attached hydrogen (secondary N) is 2. The van der Waals surface area contributed by atoms with E-state index < -0.39 is 6.10 Å².